The van der Waals surface area contributed by atoms with E-state index in [9.17, 15) is 40.1 Å². The maximum absolute atomic E-state index is 14.1. The molecule has 42 heavy (non-hydrogen) atoms. The second kappa shape index (κ2) is 10.4. The number of likely N-dealkylation sites (tertiary alicyclic amines) is 1. The van der Waals surface area contributed by atoms with Crippen molar-refractivity contribution in [1.29, 1.82) is 5.26 Å². The fourth-order valence-electron chi connectivity index (χ4n) is 7.33. The van der Waals surface area contributed by atoms with Crippen molar-refractivity contribution in [2.24, 2.45) is 23.5 Å². The summed E-state index contributed by atoms with van der Waals surface area (Å²) in [6.45, 7) is 1.71. The maximum Gasteiger partial charge on any atom is 0.255 e. The summed E-state index contributed by atoms with van der Waals surface area (Å²) in [6, 6.07) is 3.04. The fraction of sp³-hybridized carbons (Fsp3) is 0.533. The Kier molecular flexibility index (Phi) is 7.33. The van der Waals surface area contributed by atoms with Crippen molar-refractivity contribution in [3.8, 4) is 11.8 Å². The minimum atomic E-state index is -2.67. The molecule has 4 atom stereocenters. The molecule has 1 aliphatic heterocycles. The molecule has 2 fully saturated rings. The van der Waals surface area contributed by atoms with E-state index in [2.05, 4.69) is 11.0 Å². The maximum atomic E-state index is 14.1. The molecule has 5 rings (SSSR count). The van der Waals surface area contributed by atoms with Gasteiger partial charge in [0.25, 0.3) is 5.91 Å². The molecule has 3 aliphatic carbocycles. The van der Waals surface area contributed by atoms with Gasteiger partial charge in [0.2, 0.25) is 5.78 Å². The molecule has 0 spiro atoms. The number of nitrogens with two attached hydrogens (primary N) is 1. The standard InChI is InChI=1S/C30H37N5O7/c1-33(2)19-11-16(13-35-7-5-14(12-31)6-8-35)24(36)21-17(19)9-15-10-18-23(34(3)4)26(38)22(29(32)41)28(40)30(18,42)27(39)20(15)25(21)37/h11,14-15,18,23,36-37,40,42H,5-10,13H2,1-4H3,(H2,32,41)/t15-,18-,23-,30?/m0/s1. The number of aliphatic hydroxyl groups excluding tert-OH is 2. The molecule has 12 heteroatoms. The van der Waals surface area contributed by atoms with Crippen LogP contribution in [0.1, 0.15) is 36.0 Å². The number of aromatic hydroxyl groups is 1. The summed E-state index contributed by atoms with van der Waals surface area (Å²) in [5, 5.41) is 55.2. The van der Waals surface area contributed by atoms with Gasteiger partial charge >= 0.3 is 0 Å². The lowest BCUT2D eigenvalue weighted by Crippen LogP contribution is -2.65. The van der Waals surface area contributed by atoms with Gasteiger partial charge in [-0.2, -0.15) is 5.26 Å². The van der Waals surface area contributed by atoms with E-state index < -0.39 is 58.0 Å². The lowest BCUT2D eigenvalue weighted by Gasteiger charge is -2.50. The first-order valence-electron chi connectivity index (χ1n) is 14.1. The van der Waals surface area contributed by atoms with Gasteiger partial charge in [-0.15, -0.1) is 0 Å². The Bertz CT molecular complexity index is 1480. The molecule has 1 aromatic rings. The minimum Gasteiger partial charge on any atom is -0.508 e. The number of hydrogen-bond donors (Lipinski definition) is 5. The largest absolute Gasteiger partial charge is 0.508 e. The molecule has 1 amide bonds. The van der Waals surface area contributed by atoms with Crippen molar-refractivity contribution >= 4 is 28.9 Å². The smallest absolute Gasteiger partial charge is 0.255 e. The number of carbonyl (C=O) groups is 3. The van der Waals surface area contributed by atoms with Crippen LogP contribution in [-0.4, -0.2) is 101 Å². The van der Waals surface area contributed by atoms with E-state index in [0.29, 0.717) is 43.6 Å². The number of aliphatic hydroxyl groups is 3. The monoisotopic (exact) mass is 579 g/mol. The van der Waals surface area contributed by atoms with Crippen LogP contribution in [0.5, 0.6) is 5.75 Å². The van der Waals surface area contributed by atoms with Crippen LogP contribution in [0.2, 0.25) is 0 Å². The number of Topliss-reactive ketones (excluding diaryl/α,β-unsaturated/α-hetero) is 2. The Morgan fingerprint density at radius 3 is 2.36 bits per heavy atom. The zero-order valence-corrected chi connectivity index (χ0v) is 24.2. The van der Waals surface area contributed by atoms with Gasteiger partial charge in [0.1, 0.15) is 22.8 Å². The molecule has 12 nitrogen and oxygen atoms in total. The van der Waals surface area contributed by atoms with E-state index in [0.717, 1.165) is 5.69 Å². The average molecular weight is 580 g/mol. The van der Waals surface area contributed by atoms with Crippen molar-refractivity contribution in [3.05, 3.63) is 39.7 Å². The number of rotatable bonds is 5. The number of benzene rings is 1. The van der Waals surface area contributed by atoms with Crippen LogP contribution in [-0.2, 0) is 27.3 Å². The summed E-state index contributed by atoms with van der Waals surface area (Å²) >= 11 is 0. The quantitative estimate of drug-likeness (QED) is 0.310. The first-order valence-corrected chi connectivity index (χ1v) is 14.1. The third kappa shape index (κ3) is 4.26. The van der Waals surface area contributed by atoms with Crippen molar-refractivity contribution in [3.63, 3.8) is 0 Å². The van der Waals surface area contributed by atoms with Gasteiger partial charge in [0, 0.05) is 49.3 Å². The van der Waals surface area contributed by atoms with E-state index in [1.165, 1.54) is 4.90 Å². The molecule has 0 aromatic heterocycles. The number of phenols is 1. The summed E-state index contributed by atoms with van der Waals surface area (Å²) in [4.78, 5) is 45.0. The SMILES string of the molecule is CN(C)c1cc(CN2CCC(C#N)CC2)c(O)c2c1C[C@H]1C[C@H]3[C@H](N(C)C)C(=O)C(C(N)=O)=C(O)C3(O)C(=O)C1=C2O. The third-order valence-electron chi connectivity index (χ3n) is 9.42. The summed E-state index contributed by atoms with van der Waals surface area (Å²) in [6.07, 6.45) is 1.70. The molecular weight excluding hydrogens is 542 g/mol. The second-order valence-electron chi connectivity index (χ2n) is 12.3. The number of hydrogen-bond acceptors (Lipinski definition) is 11. The van der Waals surface area contributed by atoms with Crippen molar-refractivity contribution in [1.82, 2.24) is 9.80 Å². The fourth-order valence-corrected chi connectivity index (χ4v) is 7.33. The van der Waals surface area contributed by atoms with Crippen LogP contribution in [0.15, 0.2) is 23.0 Å². The molecule has 1 saturated carbocycles. The lowest BCUT2D eigenvalue weighted by molar-refractivity contribution is -0.153. The summed E-state index contributed by atoms with van der Waals surface area (Å²) in [7, 11) is 6.82. The number of carbonyl (C=O) groups excluding carboxylic acids is 3. The predicted molar refractivity (Wildman–Crippen MR) is 152 cm³/mol. The summed E-state index contributed by atoms with van der Waals surface area (Å²) in [5.41, 5.74) is 3.69. The van der Waals surface area contributed by atoms with Crippen molar-refractivity contribution in [2.45, 2.75) is 43.9 Å². The van der Waals surface area contributed by atoms with E-state index in [1.807, 2.05) is 25.1 Å². The van der Waals surface area contributed by atoms with Crippen LogP contribution in [0.4, 0.5) is 5.69 Å². The first kappa shape index (κ1) is 29.6. The first-order chi connectivity index (χ1) is 19.7. The molecule has 1 aromatic carbocycles. The Morgan fingerprint density at radius 1 is 1.17 bits per heavy atom. The molecule has 0 bridgehead atoms. The van der Waals surface area contributed by atoms with E-state index in [4.69, 9.17) is 5.73 Å². The Hall–Kier alpha value is -3.92. The second-order valence-corrected chi connectivity index (χ2v) is 12.3. The molecule has 0 radical (unpaired) electrons. The van der Waals surface area contributed by atoms with Crippen molar-refractivity contribution < 1.29 is 34.8 Å². The Labute approximate surface area is 243 Å². The lowest BCUT2D eigenvalue weighted by atomic mass is 9.57. The number of primary amides is 1. The van der Waals surface area contributed by atoms with Gasteiger partial charge in [-0.05, 0) is 70.4 Å². The molecule has 1 saturated heterocycles. The zero-order chi connectivity index (χ0) is 30.8. The number of nitriles is 1. The molecule has 1 heterocycles. The van der Waals surface area contributed by atoms with Gasteiger partial charge < -0.3 is 31.1 Å². The highest BCUT2D eigenvalue weighted by Crippen LogP contribution is 2.54. The number of piperidine rings is 1. The number of likely N-dealkylation sites (N-methyl/N-ethyl adjacent to an activating group) is 1. The molecule has 4 aliphatic rings. The van der Waals surface area contributed by atoms with Gasteiger partial charge in [-0.25, -0.2) is 0 Å². The number of anilines is 1. The summed E-state index contributed by atoms with van der Waals surface area (Å²) < 4.78 is 0. The average Bonchev–Trinajstić information content (AvgIpc) is 2.92. The topological polar surface area (TPSA) is 192 Å². The van der Waals surface area contributed by atoms with Crippen LogP contribution >= 0.6 is 0 Å². The van der Waals surface area contributed by atoms with Gasteiger partial charge in [0.15, 0.2) is 11.4 Å². The molecule has 1 unspecified atom stereocenters. The number of ketones is 2. The van der Waals surface area contributed by atoms with Crippen LogP contribution in [0, 0.1) is 29.1 Å². The molecule has 6 N–H and O–H groups in total. The Morgan fingerprint density at radius 2 is 1.81 bits per heavy atom. The predicted octanol–water partition coefficient (Wildman–Crippen LogP) is 0.766. The normalized spacial score (nSPS) is 28.4. The number of nitrogens with zero attached hydrogens (tertiary/aromatic N) is 4. The van der Waals surface area contributed by atoms with Crippen LogP contribution in [0.25, 0.3) is 5.76 Å². The van der Waals surface area contributed by atoms with Crippen LogP contribution < -0.4 is 10.6 Å². The van der Waals surface area contributed by atoms with Crippen molar-refractivity contribution in [2.75, 3.05) is 46.2 Å². The van der Waals surface area contributed by atoms with Gasteiger partial charge in [0.05, 0.1) is 17.7 Å². The van der Waals surface area contributed by atoms with Crippen LogP contribution in [0.3, 0.4) is 0 Å². The minimum absolute atomic E-state index is 0.00362. The number of phenolic OH excluding ortho intramolecular Hbond substituents is 1. The highest BCUT2D eigenvalue weighted by molar-refractivity contribution is 6.24. The highest BCUT2D eigenvalue weighted by atomic mass is 16.3. The van der Waals surface area contributed by atoms with Gasteiger partial charge in [-0.3, -0.25) is 24.2 Å². The van der Waals surface area contributed by atoms with E-state index >= 15 is 0 Å². The van der Waals surface area contributed by atoms with E-state index in [-0.39, 0.29) is 35.6 Å². The Balaban J connectivity index is 1.65. The number of fused-ring (bicyclic) bond motifs is 3. The summed E-state index contributed by atoms with van der Waals surface area (Å²) in [5.74, 6) is -6.64. The molecule has 224 valence electrons. The zero-order valence-electron chi connectivity index (χ0n) is 24.2. The van der Waals surface area contributed by atoms with Gasteiger partial charge in [-0.1, -0.05) is 0 Å². The third-order valence-corrected chi connectivity index (χ3v) is 9.42. The number of amides is 1. The molecular formula is C30H37N5O7. The highest BCUT2D eigenvalue weighted by Gasteiger charge is 2.64. The van der Waals surface area contributed by atoms with E-state index in [1.54, 1.807) is 14.1 Å².